The van der Waals surface area contributed by atoms with Crippen molar-refractivity contribution in [3.05, 3.63) is 58.6 Å². The Bertz CT molecular complexity index is 1150. The van der Waals surface area contributed by atoms with Crippen molar-refractivity contribution < 1.29 is 4.79 Å². The smallest absolute Gasteiger partial charge is 0.274 e. The normalized spacial score (nSPS) is 16.7. The van der Waals surface area contributed by atoms with Crippen LogP contribution in [-0.4, -0.2) is 52.2 Å². The molecule has 1 aliphatic rings. The third kappa shape index (κ3) is 2.50. The molecule has 1 unspecified atom stereocenters. The van der Waals surface area contributed by atoms with Gasteiger partial charge in [-0.1, -0.05) is 16.7 Å². The first-order valence-electron chi connectivity index (χ1n) is 8.52. The van der Waals surface area contributed by atoms with E-state index >= 15 is 0 Å². The third-order valence-corrected chi connectivity index (χ3v) is 5.22. The average Bonchev–Trinajstić information content (AvgIpc) is 3.39. The van der Waals surface area contributed by atoms with Crippen molar-refractivity contribution in [1.29, 1.82) is 0 Å². The minimum absolute atomic E-state index is 0.0771. The van der Waals surface area contributed by atoms with E-state index in [4.69, 9.17) is 11.6 Å². The monoisotopic (exact) mass is 382 g/mol. The Labute approximate surface area is 158 Å². The molecule has 4 aromatic heterocycles. The Kier molecular flexibility index (Phi) is 3.51. The number of fused-ring (bicyclic) bond motifs is 2. The molecule has 0 bridgehead atoms. The van der Waals surface area contributed by atoms with Crippen LogP contribution in [0, 0.1) is 0 Å². The van der Waals surface area contributed by atoms with Gasteiger partial charge in [-0.05, 0) is 47.2 Å². The average molecular weight is 383 g/mol. The zero-order valence-electron chi connectivity index (χ0n) is 14.4. The van der Waals surface area contributed by atoms with E-state index in [1.54, 1.807) is 22.8 Å². The molecule has 10 heteroatoms. The van der Waals surface area contributed by atoms with Gasteiger partial charge in [0.25, 0.3) is 11.9 Å². The molecule has 1 aliphatic heterocycles. The van der Waals surface area contributed by atoms with Crippen molar-refractivity contribution in [2.45, 2.75) is 19.4 Å². The quantitative estimate of drug-likeness (QED) is 0.572. The van der Waals surface area contributed by atoms with Crippen LogP contribution < -0.4 is 0 Å². The second-order valence-corrected chi connectivity index (χ2v) is 6.92. The molecule has 1 atom stereocenters. The minimum atomic E-state index is -0.0953. The van der Waals surface area contributed by atoms with E-state index in [0.717, 1.165) is 16.8 Å². The van der Waals surface area contributed by atoms with E-state index in [0.29, 0.717) is 29.6 Å². The Morgan fingerprint density at radius 3 is 3.04 bits per heavy atom. The second kappa shape index (κ2) is 5.92. The number of hydrogen-bond donors (Lipinski definition) is 1. The van der Waals surface area contributed by atoms with Crippen LogP contribution in [0.1, 0.15) is 34.7 Å². The van der Waals surface area contributed by atoms with E-state index in [1.165, 1.54) is 0 Å². The van der Waals surface area contributed by atoms with Gasteiger partial charge < -0.3 is 4.90 Å². The number of tetrazole rings is 1. The Morgan fingerprint density at radius 1 is 1.33 bits per heavy atom. The lowest BCUT2D eigenvalue weighted by atomic mass is 10.00. The molecule has 136 valence electrons. The highest BCUT2D eigenvalue weighted by Gasteiger charge is 2.32. The molecule has 0 spiro atoms. The number of nitrogens with zero attached hydrogens (tertiary/aromatic N) is 7. The molecule has 0 fully saturated rings. The summed E-state index contributed by atoms with van der Waals surface area (Å²) in [5, 5.41) is 19.0. The van der Waals surface area contributed by atoms with Gasteiger partial charge >= 0.3 is 0 Å². The number of aromatic amines is 1. The van der Waals surface area contributed by atoms with Crippen LogP contribution >= 0.6 is 11.6 Å². The number of H-pyrrole nitrogens is 1. The molecule has 9 nitrogen and oxygen atoms in total. The SMILES string of the molecule is CC1c2ccn(-c3nnn[nH]3)c2CCN1C(=O)c1cc2ccc(Cl)cn2n1. The van der Waals surface area contributed by atoms with Crippen molar-refractivity contribution in [2.24, 2.45) is 0 Å². The summed E-state index contributed by atoms with van der Waals surface area (Å²) in [6.07, 6.45) is 4.32. The van der Waals surface area contributed by atoms with Gasteiger partial charge in [0.1, 0.15) is 0 Å². The fourth-order valence-electron chi connectivity index (χ4n) is 3.66. The molecular formula is C17H15ClN8O. The predicted molar refractivity (Wildman–Crippen MR) is 96.9 cm³/mol. The van der Waals surface area contributed by atoms with E-state index in [9.17, 15) is 4.79 Å². The lowest BCUT2D eigenvalue weighted by Crippen LogP contribution is -2.39. The largest absolute Gasteiger partial charge is 0.330 e. The van der Waals surface area contributed by atoms with Crippen molar-refractivity contribution in [1.82, 2.24) is 39.7 Å². The van der Waals surface area contributed by atoms with Crippen LogP contribution in [0.2, 0.25) is 5.02 Å². The summed E-state index contributed by atoms with van der Waals surface area (Å²) in [7, 11) is 0. The highest BCUT2D eigenvalue weighted by Crippen LogP contribution is 2.32. The third-order valence-electron chi connectivity index (χ3n) is 5.00. The maximum atomic E-state index is 13.1. The van der Waals surface area contributed by atoms with Gasteiger partial charge in [-0.25, -0.2) is 9.61 Å². The molecule has 4 aromatic rings. The van der Waals surface area contributed by atoms with Gasteiger partial charge in [-0.2, -0.15) is 5.10 Å². The standard InChI is InChI=1S/C17H15ClN8O/c1-10-13-4-6-25(17-19-22-23-20-17)15(13)5-7-24(10)16(27)14-8-12-3-2-11(18)9-26(12)21-14/h2-4,6,8-10H,5,7H2,1H3,(H,19,20,22,23). The fourth-order valence-corrected chi connectivity index (χ4v) is 3.81. The number of carbonyl (C=O) groups is 1. The number of nitrogens with one attached hydrogen (secondary N) is 1. The molecule has 5 rings (SSSR count). The molecule has 5 heterocycles. The maximum Gasteiger partial charge on any atom is 0.274 e. The van der Waals surface area contributed by atoms with Gasteiger partial charge in [0, 0.05) is 31.1 Å². The predicted octanol–water partition coefficient (Wildman–Crippen LogP) is 2.05. The summed E-state index contributed by atoms with van der Waals surface area (Å²) < 4.78 is 3.56. The number of hydrogen-bond acceptors (Lipinski definition) is 5. The fraction of sp³-hybridized carbons (Fsp3) is 0.235. The number of amides is 1. The number of rotatable bonds is 2. The first-order valence-corrected chi connectivity index (χ1v) is 8.90. The Balaban J connectivity index is 1.47. The van der Waals surface area contributed by atoms with Crippen molar-refractivity contribution >= 4 is 23.0 Å². The van der Waals surface area contributed by atoms with E-state index in [-0.39, 0.29) is 11.9 Å². The molecule has 1 amide bonds. The van der Waals surface area contributed by atoms with Crippen LogP contribution in [0.3, 0.4) is 0 Å². The number of halogens is 1. The van der Waals surface area contributed by atoms with Gasteiger partial charge in [-0.3, -0.25) is 9.36 Å². The summed E-state index contributed by atoms with van der Waals surface area (Å²) in [5.74, 6) is 0.475. The summed E-state index contributed by atoms with van der Waals surface area (Å²) in [6, 6.07) is 7.34. The number of carbonyl (C=O) groups excluding carboxylic acids is 1. The van der Waals surface area contributed by atoms with Gasteiger partial charge in [0.05, 0.1) is 16.6 Å². The van der Waals surface area contributed by atoms with Crippen molar-refractivity contribution in [2.75, 3.05) is 6.54 Å². The maximum absolute atomic E-state index is 13.1. The first kappa shape index (κ1) is 16.0. The minimum Gasteiger partial charge on any atom is -0.330 e. The van der Waals surface area contributed by atoms with E-state index in [2.05, 4.69) is 25.7 Å². The highest BCUT2D eigenvalue weighted by molar-refractivity contribution is 6.30. The highest BCUT2D eigenvalue weighted by atomic mass is 35.5. The van der Waals surface area contributed by atoms with E-state index < -0.39 is 0 Å². The van der Waals surface area contributed by atoms with Crippen LogP contribution in [-0.2, 0) is 6.42 Å². The molecule has 1 N–H and O–H groups in total. The summed E-state index contributed by atoms with van der Waals surface area (Å²) >= 11 is 6.01. The number of pyridine rings is 1. The van der Waals surface area contributed by atoms with Crippen LogP contribution in [0.4, 0.5) is 0 Å². The van der Waals surface area contributed by atoms with Crippen LogP contribution in [0.25, 0.3) is 11.5 Å². The molecule has 0 aromatic carbocycles. The summed E-state index contributed by atoms with van der Waals surface area (Å²) in [4.78, 5) is 14.9. The zero-order valence-corrected chi connectivity index (χ0v) is 15.1. The van der Waals surface area contributed by atoms with Crippen molar-refractivity contribution in [3.63, 3.8) is 0 Å². The second-order valence-electron chi connectivity index (χ2n) is 6.48. The first-order chi connectivity index (χ1) is 13.1. The topological polar surface area (TPSA) is 97.0 Å². The number of aromatic nitrogens is 7. The van der Waals surface area contributed by atoms with Crippen molar-refractivity contribution in [3.8, 4) is 5.95 Å². The van der Waals surface area contributed by atoms with E-state index in [1.807, 2.05) is 34.7 Å². The Morgan fingerprint density at radius 2 is 2.22 bits per heavy atom. The molecule has 0 radical (unpaired) electrons. The van der Waals surface area contributed by atoms with Crippen LogP contribution in [0.5, 0.6) is 0 Å². The Hall–Kier alpha value is -3.20. The van der Waals surface area contributed by atoms with Gasteiger partial charge in [-0.15, -0.1) is 0 Å². The molecule has 0 saturated heterocycles. The molecular weight excluding hydrogens is 368 g/mol. The van der Waals surface area contributed by atoms with Gasteiger partial charge in [0.2, 0.25) is 0 Å². The summed E-state index contributed by atoms with van der Waals surface area (Å²) in [6.45, 7) is 2.61. The molecule has 0 aliphatic carbocycles. The van der Waals surface area contributed by atoms with Crippen LogP contribution in [0.15, 0.2) is 36.7 Å². The molecule has 27 heavy (non-hydrogen) atoms. The lowest BCUT2D eigenvalue weighted by molar-refractivity contribution is 0.0670. The molecule has 0 saturated carbocycles. The zero-order chi connectivity index (χ0) is 18.5. The lowest BCUT2D eigenvalue weighted by Gasteiger charge is -2.33. The van der Waals surface area contributed by atoms with Gasteiger partial charge in [0.15, 0.2) is 5.69 Å². The summed E-state index contributed by atoms with van der Waals surface area (Å²) in [5.41, 5.74) is 3.42.